The summed E-state index contributed by atoms with van der Waals surface area (Å²) in [6.45, 7) is 0. The number of carbonyl (C=O) groups is 2. The van der Waals surface area contributed by atoms with Gasteiger partial charge in [-0.05, 0) is 48.5 Å². The zero-order chi connectivity index (χ0) is 36.1. The molecule has 2 N–H and O–H groups in total. The number of nitrogens with zero attached hydrogens (tertiary/aromatic N) is 2. The Morgan fingerprint density at radius 2 is 1.19 bits per heavy atom. The Hall–Kier alpha value is -5.62. The van der Waals surface area contributed by atoms with Crippen molar-refractivity contribution in [2.75, 3.05) is 0 Å². The second-order valence-electron chi connectivity index (χ2n) is 8.98. The SMILES string of the molecule is O=C(O)c1cc(Oc2cc(C(F)(F)F)ccc2Cl)ccc1[N+](=O)[O-].O=C(O)c1ccc([N+](=O)[O-])c(Oc2ccc(C(F)(F)F)cc2Cl)c1. The highest BCUT2D eigenvalue weighted by molar-refractivity contribution is 6.32. The molecule has 0 amide bonds. The van der Waals surface area contributed by atoms with Crippen molar-refractivity contribution in [3.63, 3.8) is 0 Å². The molecule has 0 atom stereocenters. The summed E-state index contributed by atoms with van der Waals surface area (Å²) in [5.74, 6) is -4.25. The van der Waals surface area contributed by atoms with Crippen molar-refractivity contribution in [1.29, 1.82) is 0 Å². The third-order valence-electron chi connectivity index (χ3n) is 5.76. The summed E-state index contributed by atoms with van der Waals surface area (Å²) < 4.78 is 86.2. The normalized spacial score (nSPS) is 11.2. The molecule has 0 aliphatic heterocycles. The highest BCUT2D eigenvalue weighted by Crippen LogP contribution is 2.40. The van der Waals surface area contributed by atoms with E-state index >= 15 is 0 Å². The van der Waals surface area contributed by atoms with E-state index in [0.717, 1.165) is 54.6 Å². The molecule has 0 spiro atoms. The van der Waals surface area contributed by atoms with E-state index < -0.39 is 73.0 Å². The van der Waals surface area contributed by atoms with Crippen molar-refractivity contribution < 1.29 is 65.5 Å². The Balaban J connectivity index is 0.000000260. The van der Waals surface area contributed by atoms with Gasteiger partial charge in [-0.25, -0.2) is 9.59 Å². The van der Waals surface area contributed by atoms with Gasteiger partial charge in [0, 0.05) is 24.3 Å². The standard InChI is InChI=1S/2C14H7ClF3NO5/c15-10-3-1-7(14(16,17)18)5-12(10)24-8-2-4-11(19(22)23)9(6-8)13(20)21;15-9-6-8(14(16,17)18)2-4-11(9)24-12-5-7(13(20)21)1-3-10(12)19(22)23/h2*1-6H,(H,20,21). The first-order valence-corrected chi connectivity index (χ1v) is 13.1. The van der Waals surface area contributed by atoms with Crippen LogP contribution in [0.15, 0.2) is 72.8 Å². The molecular formula is C28H14Cl2F6N2O10. The van der Waals surface area contributed by atoms with Crippen LogP contribution in [0.2, 0.25) is 10.0 Å². The van der Waals surface area contributed by atoms with Gasteiger partial charge >= 0.3 is 30.0 Å². The van der Waals surface area contributed by atoms with Crippen molar-refractivity contribution in [2.45, 2.75) is 12.4 Å². The summed E-state index contributed by atoms with van der Waals surface area (Å²) in [4.78, 5) is 42.0. The van der Waals surface area contributed by atoms with Gasteiger partial charge in [0.25, 0.3) is 5.69 Å². The lowest BCUT2D eigenvalue weighted by Gasteiger charge is -2.12. The van der Waals surface area contributed by atoms with Gasteiger partial charge in [0.15, 0.2) is 0 Å². The quantitative estimate of drug-likeness (QED) is 0.101. The van der Waals surface area contributed by atoms with Crippen LogP contribution in [0.5, 0.6) is 23.0 Å². The van der Waals surface area contributed by atoms with Crippen LogP contribution in [0, 0.1) is 20.2 Å². The van der Waals surface area contributed by atoms with Gasteiger partial charge in [-0.2, -0.15) is 26.3 Å². The molecule has 4 rings (SSSR count). The van der Waals surface area contributed by atoms with Gasteiger partial charge in [0.05, 0.1) is 36.6 Å². The number of carboxylic acid groups (broad SMARTS) is 2. The predicted molar refractivity (Wildman–Crippen MR) is 153 cm³/mol. The lowest BCUT2D eigenvalue weighted by molar-refractivity contribution is -0.385. The summed E-state index contributed by atoms with van der Waals surface area (Å²) in [6.07, 6.45) is -9.23. The minimum Gasteiger partial charge on any atom is -0.478 e. The first-order chi connectivity index (χ1) is 22.2. The minimum atomic E-state index is -4.62. The zero-order valence-corrected chi connectivity index (χ0v) is 24.5. The Labute approximate surface area is 272 Å². The Morgan fingerprint density at radius 1 is 0.625 bits per heavy atom. The maximum Gasteiger partial charge on any atom is 0.416 e. The fourth-order valence-corrected chi connectivity index (χ4v) is 3.93. The number of ether oxygens (including phenoxy) is 2. The van der Waals surface area contributed by atoms with Gasteiger partial charge in [-0.15, -0.1) is 0 Å². The lowest BCUT2D eigenvalue weighted by Crippen LogP contribution is -2.05. The van der Waals surface area contributed by atoms with Gasteiger partial charge < -0.3 is 19.7 Å². The molecule has 0 radical (unpaired) electrons. The number of rotatable bonds is 8. The number of hydrogen-bond donors (Lipinski definition) is 2. The van der Waals surface area contributed by atoms with E-state index in [1.54, 1.807) is 0 Å². The summed E-state index contributed by atoms with van der Waals surface area (Å²) in [7, 11) is 0. The van der Waals surface area contributed by atoms with E-state index in [1.165, 1.54) is 0 Å². The van der Waals surface area contributed by atoms with E-state index in [1.807, 2.05) is 0 Å². The Kier molecular flexibility index (Phi) is 11.1. The number of hydrogen-bond acceptors (Lipinski definition) is 8. The maximum absolute atomic E-state index is 12.7. The van der Waals surface area contributed by atoms with E-state index in [2.05, 4.69) is 0 Å². The first kappa shape index (κ1) is 36.8. The number of alkyl halides is 6. The molecule has 0 heterocycles. The Bertz CT molecular complexity index is 1920. The van der Waals surface area contributed by atoms with Crippen molar-refractivity contribution in [3.05, 3.63) is 125 Å². The van der Waals surface area contributed by atoms with Crippen molar-refractivity contribution in [2.24, 2.45) is 0 Å². The molecule has 4 aromatic rings. The average molecular weight is 723 g/mol. The molecule has 0 bridgehead atoms. The second-order valence-corrected chi connectivity index (χ2v) is 9.79. The molecule has 12 nitrogen and oxygen atoms in total. The number of halogens is 8. The molecule has 252 valence electrons. The van der Waals surface area contributed by atoms with E-state index in [9.17, 15) is 56.2 Å². The number of carboxylic acids is 2. The number of aromatic carboxylic acids is 2. The van der Waals surface area contributed by atoms with Crippen LogP contribution in [-0.4, -0.2) is 32.0 Å². The molecule has 48 heavy (non-hydrogen) atoms. The van der Waals surface area contributed by atoms with Gasteiger partial charge in [-0.1, -0.05) is 23.2 Å². The number of benzene rings is 4. The van der Waals surface area contributed by atoms with Crippen LogP contribution in [0.4, 0.5) is 37.7 Å². The molecular weight excluding hydrogens is 709 g/mol. The van der Waals surface area contributed by atoms with Crippen molar-refractivity contribution >= 4 is 46.5 Å². The van der Waals surface area contributed by atoms with E-state index in [-0.39, 0.29) is 27.8 Å². The molecule has 4 aromatic carbocycles. The third kappa shape index (κ3) is 9.23. The monoisotopic (exact) mass is 722 g/mol. The lowest BCUT2D eigenvalue weighted by atomic mass is 10.1. The summed E-state index contributed by atoms with van der Waals surface area (Å²) >= 11 is 11.5. The fraction of sp³-hybridized carbons (Fsp3) is 0.0714. The van der Waals surface area contributed by atoms with Crippen LogP contribution in [0.25, 0.3) is 0 Å². The molecule has 0 aromatic heterocycles. The average Bonchev–Trinajstić information content (AvgIpc) is 2.98. The predicted octanol–water partition coefficient (Wildman–Crippen LogP) is 9.51. The number of nitro benzene ring substituents is 2. The maximum atomic E-state index is 12.7. The van der Waals surface area contributed by atoms with Crippen LogP contribution in [-0.2, 0) is 12.4 Å². The van der Waals surface area contributed by atoms with Crippen LogP contribution >= 0.6 is 23.2 Å². The smallest absolute Gasteiger partial charge is 0.416 e. The largest absolute Gasteiger partial charge is 0.478 e. The number of nitro groups is 2. The molecule has 0 saturated heterocycles. The summed E-state index contributed by atoms with van der Waals surface area (Å²) in [5.41, 5.74) is -4.23. The minimum absolute atomic E-state index is 0.141. The molecule has 0 fully saturated rings. The van der Waals surface area contributed by atoms with Crippen molar-refractivity contribution in [1.82, 2.24) is 0 Å². The van der Waals surface area contributed by atoms with Gasteiger partial charge in [0.1, 0.15) is 22.8 Å². The molecule has 0 unspecified atom stereocenters. The van der Waals surface area contributed by atoms with E-state index in [4.69, 9.17) is 42.9 Å². The highest BCUT2D eigenvalue weighted by atomic mass is 35.5. The topological polar surface area (TPSA) is 179 Å². The van der Waals surface area contributed by atoms with Gasteiger partial charge in [-0.3, -0.25) is 20.2 Å². The van der Waals surface area contributed by atoms with Crippen LogP contribution in [0.1, 0.15) is 31.8 Å². The molecule has 0 aliphatic rings. The zero-order valence-electron chi connectivity index (χ0n) is 23.0. The van der Waals surface area contributed by atoms with E-state index in [0.29, 0.717) is 18.2 Å². The molecule has 20 heteroatoms. The van der Waals surface area contributed by atoms with Crippen molar-refractivity contribution in [3.8, 4) is 23.0 Å². The second kappa shape index (κ2) is 14.4. The fourth-order valence-electron chi connectivity index (χ4n) is 3.55. The first-order valence-electron chi connectivity index (χ1n) is 12.3. The Morgan fingerprint density at radius 3 is 1.71 bits per heavy atom. The summed E-state index contributed by atoms with van der Waals surface area (Å²) in [5, 5.41) is 39.0. The molecule has 0 saturated carbocycles. The van der Waals surface area contributed by atoms with Gasteiger partial charge in [0.2, 0.25) is 5.75 Å². The molecule has 0 aliphatic carbocycles. The van der Waals surface area contributed by atoms with Crippen LogP contribution in [0.3, 0.4) is 0 Å². The van der Waals surface area contributed by atoms with Crippen LogP contribution < -0.4 is 9.47 Å². The summed E-state index contributed by atoms with van der Waals surface area (Å²) in [6, 6.07) is 10.1. The highest BCUT2D eigenvalue weighted by Gasteiger charge is 2.32. The third-order valence-corrected chi connectivity index (χ3v) is 6.37.